The van der Waals surface area contributed by atoms with Gasteiger partial charge < -0.3 is 27.4 Å². The highest BCUT2D eigenvalue weighted by molar-refractivity contribution is 8.03. The van der Waals surface area contributed by atoms with Crippen molar-refractivity contribution in [3.8, 4) is 0 Å². The van der Waals surface area contributed by atoms with Gasteiger partial charge in [-0.05, 0) is 49.8 Å². The molecule has 0 radical (unpaired) electrons. The first-order chi connectivity index (χ1) is 19.5. The summed E-state index contributed by atoms with van der Waals surface area (Å²) in [7, 11) is 0. The van der Waals surface area contributed by atoms with Crippen molar-refractivity contribution in [2.45, 2.75) is 67.9 Å². The molecule has 1 aliphatic carbocycles. The Kier molecular flexibility index (Phi) is 10.0. The average Bonchev–Trinajstić information content (AvgIpc) is 2.94. The third-order valence-electron chi connectivity index (χ3n) is 7.71. The quantitative estimate of drug-likeness (QED) is 0.348. The van der Waals surface area contributed by atoms with Crippen molar-refractivity contribution in [2.24, 2.45) is 11.5 Å². The van der Waals surface area contributed by atoms with Crippen LogP contribution in [0.25, 0.3) is 0 Å². The van der Waals surface area contributed by atoms with Crippen LogP contribution in [0.1, 0.15) is 37.0 Å². The van der Waals surface area contributed by atoms with Crippen LogP contribution < -0.4 is 27.4 Å². The molecule has 1 unspecified atom stereocenters. The summed E-state index contributed by atoms with van der Waals surface area (Å²) in [5, 5.41) is 8.55. The van der Waals surface area contributed by atoms with Crippen molar-refractivity contribution >= 4 is 47.2 Å². The topological polar surface area (TPSA) is 156 Å². The molecule has 2 aromatic carbocycles. The first-order valence-electron chi connectivity index (χ1n) is 13.8. The van der Waals surface area contributed by atoms with Gasteiger partial charge >= 0.3 is 0 Å². The van der Waals surface area contributed by atoms with Gasteiger partial charge in [-0.25, -0.2) is 0 Å². The van der Waals surface area contributed by atoms with Crippen molar-refractivity contribution < 1.29 is 19.2 Å². The van der Waals surface area contributed by atoms with E-state index in [1.165, 1.54) is 29.1 Å². The molecule has 4 rings (SSSR count). The van der Waals surface area contributed by atoms with Crippen LogP contribution in [0, 0.1) is 0 Å². The Morgan fingerprint density at radius 2 is 1.66 bits per heavy atom. The van der Waals surface area contributed by atoms with Crippen molar-refractivity contribution in [3.05, 3.63) is 71.3 Å². The van der Waals surface area contributed by atoms with E-state index in [9.17, 15) is 19.2 Å². The summed E-state index contributed by atoms with van der Waals surface area (Å²) >= 11 is 3.05. The number of hydrogen-bond donors (Lipinski definition) is 5. The highest BCUT2D eigenvalue weighted by atomic mass is 32.2. The Balaban J connectivity index is 1.57. The number of carbonyl (C=O) groups excluding carboxylic acids is 4. The van der Waals surface area contributed by atoms with Crippen LogP contribution in [0.4, 0.5) is 0 Å². The molecule has 1 heterocycles. The van der Waals surface area contributed by atoms with E-state index in [1.807, 2.05) is 68.4 Å². The largest absolute Gasteiger partial charge is 0.368 e. The molecule has 4 amide bonds. The Labute approximate surface area is 249 Å². The second-order valence-corrected chi connectivity index (χ2v) is 14.1. The van der Waals surface area contributed by atoms with Gasteiger partial charge in [0, 0.05) is 28.4 Å². The van der Waals surface area contributed by atoms with Crippen molar-refractivity contribution in [1.82, 2.24) is 16.0 Å². The number of primary amides is 1. The molecule has 41 heavy (non-hydrogen) atoms. The molecule has 0 spiro atoms. The van der Waals surface area contributed by atoms with Crippen molar-refractivity contribution in [2.75, 3.05) is 17.3 Å². The zero-order valence-corrected chi connectivity index (χ0v) is 25.1. The minimum atomic E-state index is -1.14. The Morgan fingerprint density at radius 3 is 2.37 bits per heavy atom. The fraction of sp³-hybridized carbons (Fsp3) is 0.467. The van der Waals surface area contributed by atoms with E-state index in [4.69, 9.17) is 11.5 Å². The Bertz CT molecular complexity index is 1270. The molecule has 0 aromatic heterocycles. The summed E-state index contributed by atoms with van der Waals surface area (Å²) in [6, 6.07) is 14.4. The third kappa shape index (κ3) is 7.84. The number of hydrogen-bond acceptors (Lipinski definition) is 7. The monoisotopic (exact) mass is 597 g/mol. The van der Waals surface area contributed by atoms with Crippen molar-refractivity contribution in [1.29, 1.82) is 0 Å². The maximum absolute atomic E-state index is 13.7. The zero-order valence-electron chi connectivity index (χ0n) is 23.5. The standard InChI is InChI=1S/C30H39N5O4S2/c1-29(2)24(25(31)36)35-26(37)22(16-19-8-4-3-5-9-19)33-27(38)23(18-40-14-15-41-29)34-28(39)30(32)13-12-20-10-6-7-11-21(20)17-30/h3-11,22-24H,12-18,32H2,1-2H3,(H2,31,36)(H,33,38)(H,34,39)(H,35,37)/t22-,23?,24-,30+/m0/s1. The van der Waals surface area contributed by atoms with Gasteiger partial charge in [0.2, 0.25) is 23.6 Å². The summed E-state index contributed by atoms with van der Waals surface area (Å²) in [6.45, 7) is 3.74. The van der Waals surface area contributed by atoms with E-state index >= 15 is 0 Å². The van der Waals surface area contributed by atoms with Gasteiger partial charge in [-0.2, -0.15) is 23.5 Å². The molecule has 2 aromatic rings. The first-order valence-corrected chi connectivity index (χ1v) is 15.9. The number of carbonyl (C=O) groups is 4. The highest BCUT2D eigenvalue weighted by Gasteiger charge is 2.41. The Morgan fingerprint density at radius 1 is 0.976 bits per heavy atom. The van der Waals surface area contributed by atoms with Gasteiger partial charge in [0.05, 0.1) is 5.54 Å². The van der Waals surface area contributed by atoms with Gasteiger partial charge in [0.1, 0.15) is 18.1 Å². The molecule has 1 aliphatic heterocycles. The molecule has 1 saturated heterocycles. The minimum absolute atomic E-state index is 0.197. The molecule has 1 fully saturated rings. The molecule has 0 saturated carbocycles. The molecule has 9 nitrogen and oxygen atoms in total. The molecular weight excluding hydrogens is 558 g/mol. The van der Waals surface area contributed by atoms with Gasteiger partial charge in [0.15, 0.2) is 0 Å². The lowest BCUT2D eigenvalue weighted by Crippen LogP contribution is -2.63. The average molecular weight is 598 g/mol. The number of amides is 4. The van der Waals surface area contributed by atoms with E-state index in [0.717, 1.165) is 11.1 Å². The lowest BCUT2D eigenvalue weighted by Gasteiger charge is -2.35. The minimum Gasteiger partial charge on any atom is -0.368 e. The second kappa shape index (κ2) is 13.3. The molecule has 2 aliphatic rings. The predicted octanol–water partition coefficient (Wildman–Crippen LogP) is 1.31. The highest BCUT2D eigenvalue weighted by Crippen LogP contribution is 2.30. The summed E-state index contributed by atoms with van der Waals surface area (Å²) in [6.07, 6.45) is 1.73. The number of benzene rings is 2. The number of nitrogens with one attached hydrogen (secondary N) is 3. The SMILES string of the molecule is CC1(C)SCCSCC(NC(=O)[C@@]2(N)CCc3ccccc3C2)C(=O)N[C@@H](Cc2ccccc2)C(=O)N[C@H]1C(N)=O. The van der Waals surface area contributed by atoms with Gasteiger partial charge in [-0.15, -0.1) is 0 Å². The number of nitrogens with two attached hydrogens (primary N) is 2. The maximum atomic E-state index is 13.7. The molecular formula is C30H39N5O4S2. The van der Waals surface area contributed by atoms with Gasteiger partial charge in [-0.3, -0.25) is 19.2 Å². The molecule has 4 atom stereocenters. The van der Waals surface area contributed by atoms with E-state index < -0.39 is 46.1 Å². The van der Waals surface area contributed by atoms with E-state index in [-0.39, 0.29) is 12.3 Å². The van der Waals surface area contributed by atoms with Crippen LogP contribution >= 0.6 is 23.5 Å². The van der Waals surface area contributed by atoms with Crippen LogP contribution in [0.2, 0.25) is 0 Å². The molecule has 220 valence electrons. The summed E-state index contributed by atoms with van der Waals surface area (Å²) < 4.78 is -0.672. The number of aryl methyl sites for hydroxylation is 1. The van der Waals surface area contributed by atoms with Crippen LogP contribution in [0.5, 0.6) is 0 Å². The fourth-order valence-electron chi connectivity index (χ4n) is 5.25. The second-order valence-electron chi connectivity index (χ2n) is 11.2. The van der Waals surface area contributed by atoms with Gasteiger partial charge in [0.25, 0.3) is 0 Å². The van der Waals surface area contributed by atoms with E-state index in [0.29, 0.717) is 36.5 Å². The summed E-state index contributed by atoms with van der Waals surface area (Å²) in [5.74, 6) is -0.392. The summed E-state index contributed by atoms with van der Waals surface area (Å²) in [4.78, 5) is 53.2. The van der Waals surface area contributed by atoms with Crippen LogP contribution in [0.3, 0.4) is 0 Å². The summed E-state index contributed by atoms with van der Waals surface area (Å²) in [5.41, 5.74) is 14.3. The third-order valence-corrected chi connectivity index (χ3v) is 10.4. The van der Waals surface area contributed by atoms with E-state index in [2.05, 4.69) is 16.0 Å². The molecule has 0 bridgehead atoms. The van der Waals surface area contributed by atoms with E-state index in [1.54, 1.807) is 0 Å². The number of rotatable bonds is 5. The maximum Gasteiger partial charge on any atom is 0.244 e. The predicted molar refractivity (Wildman–Crippen MR) is 164 cm³/mol. The zero-order chi connectivity index (χ0) is 29.6. The molecule has 7 N–H and O–H groups in total. The fourth-order valence-corrected chi connectivity index (χ4v) is 7.56. The van der Waals surface area contributed by atoms with Gasteiger partial charge in [-0.1, -0.05) is 54.6 Å². The first kappa shape index (κ1) is 30.9. The normalized spacial score (nSPS) is 27.0. The number of fused-ring (bicyclic) bond motifs is 1. The smallest absolute Gasteiger partial charge is 0.244 e. The Hall–Kier alpha value is -3.02. The van der Waals surface area contributed by atoms with Crippen LogP contribution in [0.15, 0.2) is 54.6 Å². The van der Waals surface area contributed by atoms with Crippen LogP contribution in [-0.4, -0.2) is 69.3 Å². The molecule has 11 heteroatoms. The lowest BCUT2D eigenvalue weighted by atomic mass is 9.78. The van der Waals surface area contributed by atoms with Crippen LogP contribution in [-0.2, 0) is 38.4 Å². The lowest BCUT2D eigenvalue weighted by molar-refractivity contribution is -0.134. The number of thioether (sulfide) groups is 2. The van der Waals surface area contributed by atoms with Crippen molar-refractivity contribution in [3.63, 3.8) is 0 Å².